The van der Waals surface area contributed by atoms with E-state index >= 15 is 0 Å². The van der Waals surface area contributed by atoms with Crippen LogP contribution >= 0.6 is 0 Å². The Bertz CT molecular complexity index is 1240. The van der Waals surface area contributed by atoms with Gasteiger partial charge in [-0.15, -0.1) is 0 Å². The molecule has 0 aromatic carbocycles. The molecule has 0 amide bonds. The molecular formula is C25H23F6N5. The average Bonchev–Trinajstić information content (AvgIpc) is 3.02. The molecule has 2 aliphatic heterocycles. The van der Waals surface area contributed by atoms with Gasteiger partial charge in [0.2, 0.25) is 0 Å². The van der Waals surface area contributed by atoms with Crippen molar-refractivity contribution in [1.82, 2.24) is 15.3 Å². The van der Waals surface area contributed by atoms with Gasteiger partial charge in [0.1, 0.15) is 11.5 Å². The lowest BCUT2D eigenvalue weighted by Crippen LogP contribution is -2.24. The maximum atomic E-state index is 13.4. The zero-order valence-corrected chi connectivity index (χ0v) is 19.5. The third-order valence-electron chi connectivity index (χ3n) is 5.00. The molecule has 0 atom stereocenters. The van der Waals surface area contributed by atoms with Crippen molar-refractivity contribution < 1.29 is 26.3 Å². The first-order valence-corrected chi connectivity index (χ1v) is 11.1. The summed E-state index contributed by atoms with van der Waals surface area (Å²) in [5, 5.41) is 3.10. The summed E-state index contributed by atoms with van der Waals surface area (Å²) in [7, 11) is 0. The molecule has 0 spiro atoms. The predicted octanol–water partition coefficient (Wildman–Crippen LogP) is 6.77. The summed E-state index contributed by atoms with van der Waals surface area (Å²) in [6, 6.07) is 5.24. The molecule has 0 fully saturated rings. The molecule has 0 unspecified atom stereocenters. The summed E-state index contributed by atoms with van der Waals surface area (Å²) in [4.78, 5) is 16.5. The van der Waals surface area contributed by atoms with E-state index in [4.69, 9.17) is 0 Å². The molecule has 4 rings (SSSR count). The minimum absolute atomic E-state index is 0.0435. The Balaban J connectivity index is 0.00000176. The van der Waals surface area contributed by atoms with Crippen LogP contribution in [0.15, 0.2) is 76.0 Å². The normalized spacial score (nSPS) is 16.6. The molecule has 2 aromatic heterocycles. The average molecular weight is 507 g/mol. The number of nitrogens with zero attached hydrogens (tertiary/aromatic N) is 4. The molecule has 0 aliphatic carbocycles. The fourth-order valence-corrected chi connectivity index (χ4v) is 3.42. The standard InChI is InChI=1S/C23H17F6N5.C2H6/c24-22(25,26)15-3-1-5-19(30-11-8-15)33-16-9-12-32-21-14(13-16)6-7-18(34-21)20-17(23(27,28)29)4-2-10-31-20;1-2/h1-4,6-10,12H,5,11,13H2,(H,30,33);1-2H3/b3-1-,15-8?;. The molecule has 0 radical (unpaired) electrons. The van der Waals surface area contributed by atoms with Gasteiger partial charge in [0.05, 0.1) is 23.4 Å². The highest BCUT2D eigenvalue weighted by Gasteiger charge is 2.35. The van der Waals surface area contributed by atoms with Crippen LogP contribution in [0.4, 0.5) is 32.2 Å². The Morgan fingerprint density at radius 2 is 1.75 bits per heavy atom. The molecule has 11 heteroatoms. The first-order valence-electron chi connectivity index (χ1n) is 11.1. The Kier molecular flexibility index (Phi) is 8.44. The third kappa shape index (κ3) is 6.67. The van der Waals surface area contributed by atoms with Crippen LogP contribution in [-0.2, 0) is 12.6 Å². The number of pyridine rings is 2. The molecule has 5 nitrogen and oxygen atoms in total. The zero-order chi connectivity index (χ0) is 26.3. The van der Waals surface area contributed by atoms with Gasteiger partial charge in [-0.1, -0.05) is 38.1 Å². The lowest BCUT2D eigenvalue weighted by Gasteiger charge is -2.15. The smallest absolute Gasteiger partial charge is 0.347 e. The van der Waals surface area contributed by atoms with Crippen LogP contribution in [0.2, 0.25) is 0 Å². The van der Waals surface area contributed by atoms with E-state index in [1.165, 1.54) is 30.6 Å². The van der Waals surface area contributed by atoms with Crippen molar-refractivity contribution in [2.45, 2.75) is 39.0 Å². The van der Waals surface area contributed by atoms with E-state index in [9.17, 15) is 26.3 Å². The summed E-state index contributed by atoms with van der Waals surface area (Å²) in [6.45, 7) is 3.87. The molecule has 2 aromatic rings. The minimum Gasteiger partial charge on any atom is -0.347 e. The number of amidine groups is 1. The summed E-state index contributed by atoms with van der Waals surface area (Å²) in [5.41, 5.74) is -0.555. The molecule has 1 N–H and O–H groups in total. The molecule has 190 valence electrons. The highest BCUT2D eigenvalue weighted by molar-refractivity contribution is 5.87. The van der Waals surface area contributed by atoms with Crippen LogP contribution in [-0.4, -0.2) is 34.7 Å². The van der Waals surface area contributed by atoms with Gasteiger partial charge < -0.3 is 5.32 Å². The molecule has 2 aliphatic rings. The Hall–Kier alpha value is -3.76. The van der Waals surface area contributed by atoms with Crippen LogP contribution in [0.1, 0.15) is 31.4 Å². The molecule has 36 heavy (non-hydrogen) atoms. The summed E-state index contributed by atoms with van der Waals surface area (Å²) in [6.07, 6.45) is -0.730. The van der Waals surface area contributed by atoms with Gasteiger partial charge in [0.25, 0.3) is 0 Å². The SMILES string of the molecule is CC.FC(F)(F)C1=CCN=C(NC2=CC=Nc3nc(-c4ncccc4C(F)(F)F)ccc3C2)C/C=C\1. The second-order valence-corrected chi connectivity index (χ2v) is 7.40. The van der Waals surface area contributed by atoms with E-state index in [-0.39, 0.29) is 30.2 Å². The topological polar surface area (TPSA) is 62.5 Å². The highest BCUT2D eigenvalue weighted by Crippen LogP contribution is 2.36. The number of fused-ring (bicyclic) bond motifs is 1. The van der Waals surface area contributed by atoms with Gasteiger partial charge in [0.15, 0.2) is 5.82 Å². The number of aliphatic imine (C=N–C) groups is 2. The van der Waals surface area contributed by atoms with Crippen molar-refractivity contribution in [3.63, 3.8) is 0 Å². The Labute approximate surface area is 204 Å². The van der Waals surface area contributed by atoms with E-state index in [1.54, 1.807) is 12.1 Å². The van der Waals surface area contributed by atoms with Crippen molar-refractivity contribution in [3.05, 3.63) is 77.2 Å². The first kappa shape index (κ1) is 26.8. The van der Waals surface area contributed by atoms with E-state index in [0.29, 0.717) is 23.5 Å². The van der Waals surface area contributed by atoms with Crippen LogP contribution in [0.3, 0.4) is 0 Å². The molecular weight excluding hydrogens is 484 g/mol. The van der Waals surface area contributed by atoms with Gasteiger partial charge >= 0.3 is 12.4 Å². The summed E-state index contributed by atoms with van der Waals surface area (Å²) >= 11 is 0. The van der Waals surface area contributed by atoms with Crippen LogP contribution in [0.25, 0.3) is 11.4 Å². The number of alkyl halides is 6. The third-order valence-corrected chi connectivity index (χ3v) is 5.00. The predicted molar refractivity (Wildman–Crippen MR) is 127 cm³/mol. The van der Waals surface area contributed by atoms with Crippen LogP contribution in [0, 0.1) is 0 Å². The quantitative estimate of drug-likeness (QED) is 0.457. The molecule has 4 heterocycles. The highest BCUT2D eigenvalue weighted by atomic mass is 19.4. The number of hydrogen-bond acceptors (Lipinski definition) is 5. The maximum absolute atomic E-state index is 13.4. The largest absolute Gasteiger partial charge is 0.418 e. The number of nitrogens with one attached hydrogen (secondary N) is 1. The van der Waals surface area contributed by atoms with Crippen molar-refractivity contribution in [2.24, 2.45) is 9.98 Å². The first-order chi connectivity index (χ1) is 17.1. The summed E-state index contributed by atoms with van der Waals surface area (Å²) in [5.74, 6) is 0.728. The van der Waals surface area contributed by atoms with E-state index in [1.807, 2.05) is 13.8 Å². The second-order valence-electron chi connectivity index (χ2n) is 7.40. The Morgan fingerprint density at radius 1 is 0.972 bits per heavy atom. The number of halogens is 6. The molecule has 0 bridgehead atoms. The number of hydrogen-bond donors (Lipinski definition) is 1. The molecule has 0 saturated heterocycles. The number of allylic oxidation sites excluding steroid dienone is 4. The van der Waals surface area contributed by atoms with Gasteiger partial charge in [-0.2, -0.15) is 26.3 Å². The Morgan fingerprint density at radius 3 is 2.47 bits per heavy atom. The van der Waals surface area contributed by atoms with E-state index in [2.05, 4.69) is 25.3 Å². The van der Waals surface area contributed by atoms with Crippen molar-refractivity contribution in [1.29, 1.82) is 0 Å². The van der Waals surface area contributed by atoms with Gasteiger partial charge in [-0.3, -0.25) is 9.98 Å². The zero-order valence-electron chi connectivity index (χ0n) is 19.5. The van der Waals surface area contributed by atoms with Crippen molar-refractivity contribution in [2.75, 3.05) is 6.54 Å². The van der Waals surface area contributed by atoms with E-state index in [0.717, 1.165) is 18.2 Å². The monoisotopic (exact) mass is 507 g/mol. The molecule has 0 saturated carbocycles. The van der Waals surface area contributed by atoms with Crippen molar-refractivity contribution in [3.8, 4) is 11.4 Å². The fourth-order valence-electron chi connectivity index (χ4n) is 3.42. The van der Waals surface area contributed by atoms with E-state index < -0.39 is 23.5 Å². The maximum Gasteiger partial charge on any atom is 0.418 e. The minimum atomic E-state index is -4.58. The van der Waals surface area contributed by atoms with Crippen molar-refractivity contribution >= 4 is 17.9 Å². The number of rotatable bonds is 2. The van der Waals surface area contributed by atoms with Crippen LogP contribution < -0.4 is 5.32 Å². The number of aromatic nitrogens is 2. The van der Waals surface area contributed by atoms with Gasteiger partial charge in [-0.05, 0) is 24.3 Å². The lowest BCUT2D eigenvalue weighted by molar-refractivity contribution is -0.137. The van der Waals surface area contributed by atoms with Gasteiger partial charge in [-0.25, -0.2) is 9.98 Å². The van der Waals surface area contributed by atoms with Gasteiger partial charge in [0, 0.05) is 36.5 Å². The lowest BCUT2D eigenvalue weighted by atomic mass is 10.1. The fraction of sp³-hybridized carbons (Fsp3) is 0.280. The summed E-state index contributed by atoms with van der Waals surface area (Å²) < 4.78 is 78.6. The van der Waals surface area contributed by atoms with Crippen LogP contribution in [0.5, 0.6) is 0 Å². The second kappa shape index (κ2) is 11.3.